The maximum absolute atomic E-state index is 12.0. The van der Waals surface area contributed by atoms with E-state index >= 15 is 0 Å². The van der Waals surface area contributed by atoms with Crippen molar-refractivity contribution < 1.29 is 4.79 Å². The van der Waals surface area contributed by atoms with Gasteiger partial charge in [0.25, 0.3) is 0 Å². The molecule has 2 fully saturated rings. The maximum atomic E-state index is 12.0. The van der Waals surface area contributed by atoms with Gasteiger partial charge in [0.05, 0.1) is 5.54 Å². The highest BCUT2D eigenvalue weighted by atomic mass is 16.2. The second-order valence-corrected chi connectivity index (χ2v) is 6.55. The van der Waals surface area contributed by atoms with Crippen LogP contribution in [-0.4, -0.2) is 18.0 Å². The van der Waals surface area contributed by atoms with E-state index in [9.17, 15) is 4.79 Å². The molecule has 0 aliphatic heterocycles. The normalized spacial score (nSPS) is 31.2. The lowest BCUT2D eigenvalue weighted by atomic mass is 9.81. The lowest BCUT2D eigenvalue weighted by Gasteiger charge is -2.27. The number of nitrogens with two attached hydrogens (primary N) is 1. The zero-order chi connectivity index (χ0) is 13.0. The molecule has 0 spiro atoms. The molecule has 0 bridgehead atoms. The van der Waals surface area contributed by atoms with Crippen LogP contribution in [0.1, 0.15) is 64.7 Å². The van der Waals surface area contributed by atoms with E-state index in [1.165, 1.54) is 25.7 Å². The van der Waals surface area contributed by atoms with Gasteiger partial charge in [-0.25, -0.2) is 0 Å². The van der Waals surface area contributed by atoms with Gasteiger partial charge >= 0.3 is 0 Å². The van der Waals surface area contributed by atoms with E-state index in [2.05, 4.69) is 12.2 Å². The molecular formula is C15H28N2O. The highest BCUT2D eigenvalue weighted by Gasteiger charge is 2.36. The van der Waals surface area contributed by atoms with E-state index in [0.29, 0.717) is 0 Å². The van der Waals surface area contributed by atoms with Crippen LogP contribution < -0.4 is 11.1 Å². The first-order chi connectivity index (χ1) is 8.60. The van der Waals surface area contributed by atoms with E-state index in [4.69, 9.17) is 5.73 Å². The van der Waals surface area contributed by atoms with Crippen molar-refractivity contribution in [2.75, 3.05) is 6.54 Å². The molecule has 0 heterocycles. The average Bonchev–Trinajstić information content (AvgIpc) is 2.77. The van der Waals surface area contributed by atoms with Crippen LogP contribution in [0.3, 0.4) is 0 Å². The van der Waals surface area contributed by atoms with Crippen molar-refractivity contribution >= 4 is 5.91 Å². The Bertz CT molecular complexity index is 284. The quantitative estimate of drug-likeness (QED) is 0.808. The molecule has 2 rings (SSSR count). The largest absolute Gasteiger partial charge is 0.354 e. The molecule has 3 N–H and O–H groups in total. The van der Waals surface area contributed by atoms with Crippen LogP contribution in [0, 0.1) is 11.8 Å². The molecule has 18 heavy (non-hydrogen) atoms. The fourth-order valence-corrected chi connectivity index (χ4v) is 3.62. The van der Waals surface area contributed by atoms with Gasteiger partial charge in [0.15, 0.2) is 0 Å². The van der Waals surface area contributed by atoms with Crippen molar-refractivity contribution in [1.82, 2.24) is 5.32 Å². The van der Waals surface area contributed by atoms with Crippen molar-refractivity contribution in [2.24, 2.45) is 17.6 Å². The van der Waals surface area contributed by atoms with Crippen molar-refractivity contribution in [3.05, 3.63) is 0 Å². The molecule has 3 heteroatoms. The number of carbonyl (C=O) groups excluding carboxylic acids is 1. The van der Waals surface area contributed by atoms with E-state index in [1.54, 1.807) is 0 Å². The maximum Gasteiger partial charge on any atom is 0.240 e. The number of nitrogens with one attached hydrogen (secondary N) is 1. The van der Waals surface area contributed by atoms with Gasteiger partial charge in [-0.05, 0) is 37.5 Å². The van der Waals surface area contributed by atoms with Gasteiger partial charge in [0, 0.05) is 6.54 Å². The van der Waals surface area contributed by atoms with E-state index < -0.39 is 5.54 Å². The predicted octanol–water partition coefficient (Wildman–Crippen LogP) is 2.59. The fourth-order valence-electron chi connectivity index (χ4n) is 3.62. The first-order valence-corrected chi connectivity index (χ1v) is 7.67. The Morgan fingerprint density at radius 2 is 2.00 bits per heavy atom. The van der Waals surface area contributed by atoms with E-state index in [-0.39, 0.29) is 5.91 Å². The van der Waals surface area contributed by atoms with Crippen LogP contribution in [0.5, 0.6) is 0 Å². The summed E-state index contributed by atoms with van der Waals surface area (Å²) in [5.74, 6) is 1.77. The molecule has 2 unspecified atom stereocenters. The summed E-state index contributed by atoms with van der Waals surface area (Å²) in [5, 5.41) is 3.06. The van der Waals surface area contributed by atoms with Gasteiger partial charge in [-0.1, -0.05) is 39.0 Å². The second-order valence-electron chi connectivity index (χ2n) is 6.55. The summed E-state index contributed by atoms with van der Waals surface area (Å²) in [7, 11) is 0. The van der Waals surface area contributed by atoms with Crippen LogP contribution in [0.25, 0.3) is 0 Å². The Labute approximate surface area is 111 Å². The average molecular weight is 252 g/mol. The van der Waals surface area contributed by atoms with Gasteiger partial charge in [-0.15, -0.1) is 0 Å². The second kappa shape index (κ2) is 6.05. The lowest BCUT2D eigenvalue weighted by molar-refractivity contribution is -0.126. The standard InChI is InChI=1S/C15H28N2O/c1-12-5-4-6-13(11-12)7-10-17-14(18)15(16)8-2-3-9-15/h12-13H,2-11,16H2,1H3,(H,17,18). The third-order valence-corrected chi connectivity index (χ3v) is 4.83. The van der Waals surface area contributed by atoms with Gasteiger partial charge in [-0.2, -0.15) is 0 Å². The fraction of sp³-hybridized carbons (Fsp3) is 0.933. The molecule has 0 aromatic rings. The topological polar surface area (TPSA) is 55.1 Å². The first kappa shape index (κ1) is 13.9. The van der Waals surface area contributed by atoms with Crippen LogP contribution in [0.2, 0.25) is 0 Å². The van der Waals surface area contributed by atoms with Crippen molar-refractivity contribution in [1.29, 1.82) is 0 Å². The highest BCUT2D eigenvalue weighted by molar-refractivity contribution is 5.86. The molecule has 2 atom stereocenters. The summed E-state index contributed by atoms with van der Waals surface area (Å²) < 4.78 is 0. The molecule has 2 saturated carbocycles. The molecule has 0 aromatic carbocycles. The lowest BCUT2D eigenvalue weighted by Crippen LogP contribution is -2.52. The number of rotatable bonds is 4. The van der Waals surface area contributed by atoms with Crippen LogP contribution >= 0.6 is 0 Å². The van der Waals surface area contributed by atoms with E-state index in [1.807, 2.05) is 0 Å². The van der Waals surface area contributed by atoms with Crippen molar-refractivity contribution in [3.63, 3.8) is 0 Å². The minimum atomic E-state index is -0.556. The Balaban J connectivity index is 1.67. The highest BCUT2D eigenvalue weighted by Crippen LogP contribution is 2.30. The predicted molar refractivity (Wildman–Crippen MR) is 74.1 cm³/mol. The summed E-state index contributed by atoms with van der Waals surface area (Å²) >= 11 is 0. The summed E-state index contributed by atoms with van der Waals surface area (Å²) in [4.78, 5) is 12.0. The Kier molecular flexibility index (Phi) is 4.66. The molecule has 1 amide bonds. The number of hydrogen-bond donors (Lipinski definition) is 2. The zero-order valence-electron chi connectivity index (χ0n) is 11.7. The number of hydrogen-bond acceptors (Lipinski definition) is 2. The van der Waals surface area contributed by atoms with Gasteiger partial charge < -0.3 is 11.1 Å². The van der Waals surface area contributed by atoms with Gasteiger partial charge in [0.2, 0.25) is 5.91 Å². The minimum Gasteiger partial charge on any atom is -0.354 e. The Morgan fingerprint density at radius 3 is 2.67 bits per heavy atom. The Morgan fingerprint density at radius 1 is 1.28 bits per heavy atom. The molecule has 0 saturated heterocycles. The zero-order valence-corrected chi connectivity index (χ0v) is 11.7. The van der Waals surface area contributed by atoms with Crippen LogP contribution in [0.15, 0.2) is 0 Å². The monoisotopic (exact) mass is 252 g/mol. The summed E-state index contributed by atoms with van der Waals surface area (Å²) in [6.45, 7) is 3.16. The third kappa shape index (κ3) is 3.47. The molecule has 2 aliphatic carbocycles. The van der Waals surface area contributed by atoms with Crippen molar-refractivity contribution in [2.45, 2.75) is 70.3 Å². The van der Waals surface area contributed by atoms with Crippen molar-refractivity contribution in [3.8, 4) is 0 Å². The minimum absolute atomic E-state index is 0.0869. The Hall–Kier alpha value is -0.570. The SMILES string of the molecule is CC1CCCC(CCNC(=O)C2(N)CCCC2)C1. The van der Waals surface area contributed by atoms with Gasteiger partial charge in [0.1, 0.15) is 0 Å². The summed E-state index contributed by atoms with van der Waals surface area (Å²) in [5.41, 5.74) is 5.58. The number of amides is 1. The smallest absolute Gasteiger partial charge is 0.240 e. The number of carbonyl (C=O) groups is 1. The molecular weight excluding hydrogens is 224 g/mol. The molecule has 2 aliphatic rings. The molecule has 3 nitrogen and oxygen atoms in total. The van der Waals surface area contributed by atoms with E-state index in [0.717, 1.165) is 50.5 Å². The summed E-state index contributed by atoms with van der Waals surface area (Å²) in [6.07, 6.45) is 10.5. The molecule has 0 radical (unpaired) electrons. The molecule has 0 aromatic heterocycles. The van der Waals surface area contributed by atoms with Crippen LogP contribution in [0.4, 0.5) is 0 Å². The van der Waals surface area contributed by atoms with Gasteiger partial charge in [-0.3, -0.25) is 4.79 Å². The summed E-state index contributed by atoms with van der Waals surface area (Å²) in [6, 6.07) is 0. The molecule has 104 valence electrons. The van der Waals surface area contributed by atoms with Crippen LogP contribution in [-0.2, 0) is 4.79 Å². The first-order valence-electron chi connectivity index (χ1n) is 7.67. The third-order valence-electron chi connectivity index (χ3n) is 4.83.